The molecule has 0 aromatic heterocycles. The van der Waals surface area contributed by atoms with Gasteiger partial charge >= 0.3 is 0 Å². The second-order valence-corrected chi connectivity index (χ2v) is 2.04. The van der Waals surface area contributed by atoms with Crippen molar-refractivity contribution in [3.63, 3.8) is 0 Å². The lowest BCUT2D eigenvalue weighted by atomic mass is 10.1. The van der Waals surface area contributed by atoms with Crippen LogP contribution in [0.4, 0.5) is 0 Å². The lowest BCUT2D eigenvalue weighted by Gasteiger charge is -1.98. The third-order valence-electron chi connectivity index (χ3n) is 1.14. The van der Waals surface area contributed by atoms with Crippen LogP contribution in [-0.4, -0.2) is 11.7 Å². The quantitative estimate of drug-likeness (QED) is 0.452. The fourth-order valence-electron chi connectivity index (χ4n) is 0.600. The minimum Gasteiger partial charge on any atom is -0.363 e. The fourth-order valence-corrected chi connectivity index (χ4v) is 0.600. The number of allylic oxidation sites excluding steroid dienone is 2. The molecule has 3 nitrogen and oxygen atoms in total. The van der Waals surface area contributed by atoms with E-state index in [9.17, 15) is 9.59 Å². The number of ketones is 1. The van der Waals surface area contributed by atoms with E-state index in [4.69, 9.17) is 5.73 Å². The Labute approximate surface area is 59.9 Å². The zero-order valence-electron chi connectivity index (χ0n) is 6.13. The van der Waals surface area contributed by atoms with Crippen molar-refractivity contribution >= 4 is 11.7 Å². The number of carbonyl (C=O) groups excluding carboxylic acids is 2. The van der Waals surface area contributed by atoms with Gasteiger partial charge in [-0.05, 0) is 6.92 Å². The van der Waals surface area contributed by atoms with Crippen LogP contribution in [0.2, 0.25) is 0 Å². The largest absolute Gasteiger partial charge is 0.363 e. The second-order valence-electron chi connectivity index (χ2n) is 2.04. The van der Waals surface area contributed by atoms with Crippen LogP contribution < -0.4 is 5.73 Å². The molecule has 56 valence electrons. The first-order chi connectivity index (χ1) is 4.59. The summed E-state index contributed by atoms with van der Waals surface area (Å²) in [5.74, 6) is -1.80. The Bertz CT molecular complexity index is 172. The van der Waals surface area contributed by atoms with E-state index in [1.165, 1.54) is 0 Å². The van der Waals surface area contributed by atoms with Gasteiger partial charge in [0.05, 0.1) is 0 Å². The van der Waals surface area contributed by atoms with Crippen molar-refractivity contribution < 1.29 is 9.59 Å². The van der Waals surface area contributed by atoms with E-state index in [1.807, 2.05) is 0 Å². The van der Waals surface area contributed by atoms with Gasteiger partial charge in [0, 0.05) is 5.92 Å². The van der Waals surface area contributed by atoms with E-state index in [0.29, 0.717) is 0 Å². The van der Waals surface area contributed by atoms with E-state index in [-0.39, 0.29) is 5.92 Å². The summed E-state index contributed by atoms with van der Waals surface area (Å²) in [4.78, 5) is 21.0. The standard InChI is InChI=1S/C7H11NO2/c1-3-4-5(2)6(9)7(8)10/h3-5H,1-2H3,(H2,8,10)/b4-3+. The van der Waals surface area contributed by atoms with Crippen molar-refractivity contribution in [2.75, 3.05) is 0 Å². The predicted octanol–water partition coefficient (Wildman–Crippen LogP) is 0.253. The molecular weight excluding hydrogens is 130 g/mol. The number of hydrogen-bond donors (Lipinski definition) is 1. The Balaban J connectivity index is 4.08. The van der Waals surface area contributed by atoms with E-state index >= 15 is 0 Å². The molecule has 0 aliphatic heterocycles. The number of rotatable bonds is 3. The van der Waals surface area contributed by atoms with E-state index in [1.54, 1.807) is 26.0 Å². The molecule has 0 aromatic rings. The van der Waals surface area contributed by atoms with Crippen LogP contribution in [-0.2, 0) is 9.59 Å². The molecule has 0 aliphatic rings. The topological polar surface area (TPSA) is 60.2 Å². The maximum absolute atomic E-state index is 10.7. The van der Waals surface area contributed by atoms with Crippen molar-refractivity contribution in [2.45, 2.75) is 13.8 Å². The molecule has 0 rings (SSSR count). The first kappa shape index (κ1) is 8.88. The summed E-state index contributed by atoms with van der Waals surface area (Å²) in [6.07, 6.45) is 3.35. The summed E-state index contributed by atoms with van der Waals surface area (Å²) in [6, 6.07) is 0. The Morgan fingerprint density at radius 3 is 2.30 bits per heavy atom. The molecule has 0 radical (unpaired) electrons. The third kappa shape index (κ3) is 2.44. The van der Waals surface area contributed by atoms with Gasteiger partial charge in [0.2, 0.25) is 5.78 Å². The normalized spacial score (nSPS) is 13.4. The highest BCUT2D eigenvalue weighted by Crippen LogP contribution is 1.97. The highest BCUT2D eigenvalue weighted by atomic mass is 16.2. The average Bonchev–Trinajstić information content (AvgIpc) is 1.87. The monoisotopic (exact) mass is 141 g/mol. The molecule has 10 heavy (non-hydrogen) atoms. The molecule has 1 amide bonds. The molecule has 0 saturated carbocycles. The number of carbonyl (C=O) groups is 2. The molecule has 0 aromatic carbocycles. The van der Waals surface area contributed by atoms with Gasteiger partial charge in [-0.2, -0.15) is 0 Å². The first-order valence-corrected chi connectivity index (χ1v) is 3.06. The highest BCUT2D eigenvalue weighted by Gasteiger charge is 2.14. The van der Waals surface area contributed by atoms with Crippen LogP contribution in [0.1, 0.15) is 13.8 Å². The Morgan fingerprint density at radius 2 is 2.00 bits per heavy atom. The summed E-state index contributed by atoms with van der Waals surface area (Å²) < 4.78 is 0. The van der Waals surface area contributed by atoms with Crippen LogP contribution in [0.15, 0.2) is 12.2 Å². The number of amides is 1. The Morgan fingerprint density at radius 1 is 1.50 bits per heavy atom. The van der Waals surface area contributed by atoms with Gasteiger partial charge in [-0.1, -0.05) is 19.1 Å². The third-order valence-corrected chi connectivity index (χ3v) is 1.14. The molecule has 0 bridgehead atoms. The van der Waals surface area contributed by atoms with Crippen molar-refractivity contribution in [3.05, 3.63) is 12.2 Å². The van der Waals surface area contributed by atoms with E-state index < -0.39 is 11.7 Å². The molecule has 1 unspecified atom stereocenters. The zero-order valence-corrected chi connectivity index (χ0v) is 6.13. The maximum Gasteiger partial charge on any atom is 0.285 e. The average molecular weight is 141 g/mol. The zero-order chi connectivity index (χ0) is 8.15. The van der Waals surface area contributed by atoms with Crippen molar-refractivity contribution in [3.8, 4) is 0 Å². The van der Waals surface area contributed by atoms with E-state index in [2.05, 4.69) is 0 Å². The Kier molecular flexibility index (Phi) is 3.39. The minimum absolute atomic E-state index is 0.387. The summed E-state index contributed by atoms with van der Waals surface area (Å²) in [7, 11) is 0. The molecule has 0 aliphatic carbocycles. The molecule has 3 heteroatoms. The van der Waals surface area contributed by atoms with Crippen LogP contribution in [0.3, 0.4) is 0 Å². The molecular formula is C7H11NO2. The maximum atomic E-state index is 10.7. The second kappa shape index (κ2) is 3.82. The SMILES string of the molecule is C/C=C/C(C)C(=O)C(N)=O. The van der Waals surface area contributed by atoms with Crippen LogP contribution >= 0.6 is 0 Å². The van der Waals surface area contributed by atoms with E-state index in [0.717, 1.165) is 0 Å². The van der Waals surface area contributed by atoms with Gasteiger partial charge in [0.25, 0.3) is 5.91 Å². The minimum atomic E-state index is -0.870. The molecule has 2 N–H and O–H groups in total. The fraction of sp³-hybridized carbons (Fsp3) is 0.429. The number of primary amides is 1. The van der Waals surface area contributed by atoms with Crippen LogP contribution in [0.25, 0.3) is 0 Å². The van der Waals surface area contributed by atoms with Crippen LogP contribution in [0, 0.1) is 5.92 Å². The molecule has 0 heterocycles. The lowest BCUT2D eigenvalue weighted by Crippen LogP contribution is -2.27. The summed E-state index contributed by atoms with van der Waals surface area (Å²) in [5, 5.41) is 0. The predicted molar refractivity (Wildman–Crippen MR) is 38.2 cm³/mol. The first-order valence-electron chi connectivity index (χ1n) is 3.06. The smallest absolute Gasteiger partial charge is 0.285 e. The molecule has 1 atom stereocenters. The summed E-state index contributed by atoms with van der Waals surface area (Å²) in [6.45, 7) is 3.41. The lowest BCUT2D eigenvalue weighted by molar-refractivity contribution is -0.137. The Hall–Kier alpha value is -1.12. The summed E-state index contributed by atoms with van der Waals surface area (Å²) >= 11 is 0. The van der Waals surface area contributed by atoms with Gasteiger partial charge < -0.3 is 5.73 Å². The highest BCUT2D eigenvalue weighted by molar-refractivity contribution is 6.36. The number of hydrogen-bond acceptors (Lipinski definition) is 2. The van der Waals surface area contributed by atoms with Crippen molar-refractivity contribution in [1.29, 1.82) is 0 Å². The molecule has 0 saturated heterocycles. The van der Waals surface area contributed by atoms with Crippen molar-refractivity contribution in [1.82, 2.24) is 0 Å². The van der Waals surface area contributed by atoms with Gasteiger partial charge in [-0.3, -0.25) is 9.59 Å². The molecule has 0 fully saturated rings. The van der Waals surface area contributed by atoms with Gasteiger partial charge in [-0.15, -0.1) is 0 Å². The number of nitrogens with two attached hydrogens (primary N) is 1. The van der Waals surface area contributed by atoms with Gasteiger partial charge in [0.15, 0.2) is 0 Å². The summed E-state index contributed by atoms with van der Waals surface area (Å²) in [5.41, 5.74) is 4.74. The van der Waals surface area contributed by atoms with Crippen LogP contribution in [0.5, 0.6) is 0 Å². The number of Topliss-reactive ketones (excluding diaryl/α,β-unsaturated/α-hetero) is 1. The van der Waals surface area contributed by atoms with Crippen molar-refractivity contribution in [2.24, 2.45) is 11.7 Å². The van der Waals surface area contributed by atoms with Gasteiger partial charge in [-0.25, -0.2) is 0 Å². The van der Waals surface area contributed by atoms with Gasteiger partial charge in [0.1, 0.15) is 0 Å². The molecule has 0 spiro atoms.